The van der Waals surface area contributed by atoms with Crippen molar-refractivity contribution in [2.24, 2.45) is 0 Å². The van der Waals surface area contributed by atoms with Gasteiger partial charge in [0.25, 0.3) is 0 Å². The quantitative estimate of drug-likeness (QED) is 0.766. The standard InChI is InChI=1S/C11H23NO3/c1-6-9(11(4,5)14)12(7-2)10(13)15-8-3/h9,14H,6-8H2,1-5H3/t9-/m0/s1. The van der Waals surface area contributed by atoms with Crippen molar-refractivity contribution in [3.05, 3.63) is 0 Å². The second kappa shape index (κ2) is 5.95. The van der Waals surface area contributed by atoms with Gasteiger partial charge in [-0.3, -0.25) is 0 Å². The van der Waals surface area contributed by atoms with Crippen LogP contribution in [0.3, 0.4) is 0 Å². The number of carbonyl (C=O) groups excluding carboxylic acids is 1. The first kappa shape index (κ1) is 14.2. The zero-order valence-corrected chi connectivity index (χ0v) is 10.4. The normalized spacial score (nSPS) is 13.5. The van der Waals surface area contributed by atoms with Crippen LogP contribution < -0.4 is 0 Å². The lowest BCUT2D eigenvalue weighted by molar-refractivity contribution is -0.0192. The van der Waals surface area contributed by atoms with Crippen LogP contribution in [-0.2, 0) is 4.74 Å². The molecule has 0 fully saturated rings. The second-order valence-electron chi connectivity index (χ2n) is 4.06. The number of hydrogen-bond acceptors (Lipinski definition) is 3. The van der Waals surface area contributed by atoms with Gasteiger partial charge in [0.05, 0.1) is 18.2 Å². The molecule has 0 aliphatic heterocycles. The molecule has 15 heavy (non-hydrogen) atoms. The molecule has 0 aromatic rings. The van der Waals surface area contributed by atoms with Gasteiger partial charge in [-0.15, -0.1) is 0 Å². The average Bonchev–Trinajstić information content (AvgIpc) is 2.11. The molecule has 0 unspecified atom stereocenters. The van der Waals surface area contributed by atoms with Crippen LogP contribution in [0.15, 0.2) is 0 Å². The molecule has 1 N–H and O–H groups in total. The van der Waals surface area contributed by atoms with E-state index >= 15 is 0 Å². The maximum absolute atomic E-state index is 11.6. The Morgan fingerprint density at radius 2 is 1.93 bits per heavy atom. The van der Waals surface area contributed by atoms with Crippen LogP contribution in [0.2, 0.25) is 0 Å². The molecule has 0 aromatic heterocycles. The predicted octanol–water partition coefficient (Wildman–Crippen LogP) is 2.01. The second-order valence-corrected chi connectivity index (χ2v) is 4.06. The molecule has 1 atom stereocenters. The molecule has 0 aromatic carbocycles. The third-order valence-corrected chi connectivity index (χ3v) is 2.42. The molecule has 0 aliphatic carbocycles. The van der Waals surface area contributed by atoms with E-state index in [-0.39, 0.29) is 12.1 Å². The lowest BCUT2D eigenvalue weighted by Gasteiger charge is -2.37. The van der Waals surface area contributed by atoms with Gasteiger partial charge < -0.3 is 14.7 Å². The molecule has 0 radical (unpaired) electrons. The van der Waals surface area contributed by atoms with Gasteiger partial charge in [0.15, 0.2) is 0 Å². The number of carbonyl (C=O) groups is 1. The van der Waals surface area contributed by atoms with E-state index in [1.807, 2.05) is 13.8 Å². The van der Waals surface area contributed by atoms with Gasteiger partial charge in [-0.25, -0.2) is 4.79 Å². The van der Waals surface area contributed by atoms with Crippen LogP contribution in [0, 0.1) is 0 Å². The topological polar surface area (TPSA) is 49.8 Å². The van der Waals surface area contributed by atoms with E-state index < -0.39 is 5.60 Å². The highest BCUT2D eigenvalue weighted by atomic mass is 16.6. The molecule has 0 heterocycles. The van der Waals surface area contributed by atoms with Crippen molar-refractivity contribution in [3.63, 3.8) is 0 Å². The molecule has 0 rings (SSSR count). The van der Waals surface area contributed by atoms with Crippen LogP contribution in [0.4, 0.5) is 4.79 Å². The van der Waals surface area contributed by atoms with Gasteiger partial charge in [-0.1, -0.05) is 6.92 Å². The van der Waals surface area contributed by atoms with Crippen molar-refractivity contribution in [2.75, 3.05) is 13.2 Å². The summed E-state index contributed by atoms with van der Waals surface area (Å²) in [5.41, 5.74) is -0.905. The minimum Gasteiger partial charge on any atom is -0.450 e. The van der Waals surface area contributed by atoms with Crippen molar-refractivity contribution in [1.29, 1.82) is 0 Å². The van der Waals surface area contributed by atoms with E-state index in [1.54, 1.807) is 25.7 Å². The minimum atomic E-state index is -0.905. The van der Waals surface area contributed by atoms with Gasteiger partial charge in [-0.05, 0) is 34.1 Å². The van der Waals surface area contributed by atoms with Crippen LogP contribution in [0.25, 0.3) is 0 Å². The van der Waals surface area contributed by atoms with E-state index in [4.69, 9.17) is 4.74 Å². The van der Waals surface area contributed by atoms with E-state index in [2.05, 4.69) is 0 Å². The fourth-order valence-electron chi connectivity index (χ4n) is 1.78. The van der Waals surface area contributed by atoms with Crippen molar-refractivity contribution in [2.45, 2.75) is 52.7 Å². The monoisotopic (exact) mass is 217 g/mol. The summed E-state index contributed by atoms with van der Waals surface area (Å²) in [7, 11) is 0. The predicted molar refractivity (Wildman–Crippen MR) is 59.8 cm³/mol. The molecule has 4 heteroatoms. The summed E-state index contributed by atoms with van der Waals surface area (Å²) in [5, 5.41) is 9.95. The molecule has 0 saturated carbocycles. The molecule has 0 saturated heterocycles. The minimum absolute atomic E-state index is 0.207. The zero-order chi connectivity index (χ0) is 12.1. The smallest absolute Gasteiger partial charge is 0.410 e. The van der Waals surface area contributed by atoms with Gasteiger partial charge in [0.1, 0.15) is 0 Å². The maximum Gasteiger partial charge on any atom is 0.410 e. The van der Waals surface area contributed by atoms with Gasteiger partial charge in [-0.2, -0.15) is 0 Å². The Labute approximate surface area is 92.2 Å². The molecule has 4 nitrogen and oxygen atoms in total. The molecule has 1 amide bonds. The Morgan fingerprint density at radius 3 is 2.20 bits per heavy atom. The number of rotatable bonds is 5. The van der Waals surface area contributed by atoms with E-state index in [9.17, 15) is 9.90 Å². The Hall–Kier alpha value is -0.770. The maximum atomic E-state index is 11.6. The number of aliphatic hydroxyl groups is 1. The molecule has 0 spiro atoms. The number of amides is 1. The Bertz CT molecular complexity index is 198. The van der Waals surface area contributed by atoms with Crippen molar-refractivity contribution in [1.82, 2.24) is 4.90 Å². The van der Waals surface area contributed by atoms with Crippen molar-refractivity contribution >= 4 is 6.09 Å². The summed E-state index contributed by atoms with van der Waals surface area (Å²) in [6.45, 7) is 9.93. The lowest BCUT2D eigenvalue weighted by atomic mass is 9.95. The first-order chi connectivity index (χ1) is 6.88. The van der Waals surface area contributed by atoms with Crippen molar-refractivity contribution in [3.8, 4) is 0 Å². The first-order valence-corrected chi connectivity index (χ1v) is 5.54. The van der Waals surface area contributed by atoms with E-state index in [1.165, 1.54) is 0 Å². The molecule has 90 valence electrons. The summed E-state index contributed by atoms with van der Waals surface area (Å²) in [6, 6.07) is -0.207. The number of ether oxygens (including phenoxy) is 1. The van der Waals surface area contributed by atoms with Gasteiger partial charge >= 0.3 is 6.09 Å². The Balaban J connectivity index is 4.69. The fraction of sp³-hybridized carbons (Fsp3) is 0.909. The van der Waals surface area contributed by atoms with Crippen LogP contribution >= 0.6 is 0 Å². The summed E-state index contributed by atoms with van der Waals surface area (Å²) >= 11 is 0. The first-order valence-electron chi connectivity index (χ1n) is 5.54. The van der Waals surface area contributed by atoms with Crippen molar-refractivity contribution < 1.29 is 14.6 Å². The molecular formula is C11H23NO3. The highest BCUT2D eigenvalue weighted by molar-refractivity contribution is 5.68. The van der Waals surface area contributed by atoms with E-state index in [0.717, 1.165) is 0 Å². The highest BCUT2D eigenvalue weighted by Crippen LogP contribution is 2.19. The van der Waals surface area contributed by atoms with E-state index in [0.29, 0.717) is 19.6 Å². The highest BCUT2D eigenvalue weighted by Gasteiger charge is 2.33. The van der Waals surface area contributed by atoms with Crippen LogP contribution in [0.1, 0.15) is 41.0 Å². The molecule has 0 bridgehead atoms. The summed E-state index contributed by atoms with van der Waals surface area (Å²) in [6.07, 6.45) is 0.352. The largest absolute Gasteiger partial charge is 0.450 e. The van der Waals surface area contributed by atoms with Gasteiger partial charge in [0.2, 0.25) is 0 Å². The summed E-state index contributed by atoms with van der Waals surface area (Å²) in [5.74, 6) is 0. The summed E-state index contributed by atoms with van der Waals surface area (Å²) < 4.78 is 4.95. The fourth-order valence-corrected chi connectivity index (χ4v) is 1.78. The van der Waals surface area contributed by atoms with Crippen LogP contribution in [0.5, 0.6) is 0 Å². The lowest BCUT2D eigenvalue weighted by Crippen LogP contribution is -2.51. The third kappa shape index (κ3) is 4.08. The average molecular weight is 217 g/mol. The number of likely N-dealkylation sites (N-methyl/N-ethyl adjacent to an activating group) is 1. The number of nitrogens with zero attached hydrogens (tertiary/aromatic N) is 1. The SMILES string of the molecule is CCOC(=O)N(CC)[C@@H](CC)C(C)(C)O. The Kier molecular flexibility index (Phi) is 5.65. The third-order valence-electron chi connectivity index (χ3n) is 2.42. The summed E-state index contributed by atoms with van der Waals surface area (Å²) in [4.78, 5) is 13.2. The van der Waals surface area contributed by atoms with Gasteiger partial charge in [0, 0.05) is 6.54 Å². The Morgan fingerprint density at radius 1 is 1.40 bits per heavy atom. The zero-order valence-electron chi connectivity index (χ0n) is 10.4. The molecule has 0 aliphatic rings. The number of hydrogen-bond donors (Lipinski definition) is 1. The molecular weight excluding hydrogens is 194 g/mol. The van der Waals surface area contributed by atoms with Crippen LogP contribution in [-0.4, -0.2) is 40.9 Å².